The Bertz CT molecular complexity index is 681. The van der Waals surface area contributed by atoms with E-state index in [4.69, 9.17) is 0 Å². The summed E-state index contributed by atoms with van der Waals surface area (Å²) in [5.41, 5.74) is 2.32. The predicted molar refractivity (Wildman–Crippen MR) is 75.3 cm³/mol. The molecule has 0 fully saturated rings. The summed E-state index contributed by atoms with van der Waals surface area (Å²) in [6.07, 6.45) is 5.89. The van der Waals surface area contributed by atoms with Crippen LogP contribution in [0.4, 0.5) is 0 Å². The smallest absolute Gasteiger partial charge is 0.123 e. The lowest BCUT2D eigenvalue weighted by Gasteiger charge is -2.22. The second kappa shape index (κ2) is 4.51. The molecule has 3 rings (SSSR count). The van der Waals surface area contributed by atoms with Crippen molar-refractivity contribution in [2.45, 2.75) is 13.1 Å². The molecule has 98 valence electrons. The van der Waals surface area contributed by atoms with Gasteiger partial charge in [0.1, 0.15) is 12.7 Å². The second-order valence-electron chi connectivity index (χ2n) is 4.90. The van der Waals surface area contributed by atoms with Gasteiger partial charge in [-0.1, -0.05) is 6.07 Å². The summed E-state index contributed by atoms with van der Waals surface area (Å²) in [5.74, 6) is 0. The normalized spacial score (nSPS) is 13.3. The Morgan fingerprint density at radius 3 is 2.53 bits per heavy atom. The van der Waals surface area contributed by atoms with Gasteiger partial charge in [0, 0.05) is 11.6 Å². The van der Waals surface area contributed by atoms with Crippen molar-refractivity contribution >= 4 is 10.9 Å². The number of benzene rings is 1. The lowest BCUT2D eigenvalue weighted by molar-refractivity contribution is 0.244. The molecule has 1 unspecified atom stereocenters. The molecule has 19 heavy (non-hydrogen) atoms. The van der Waals surface area contributed by atoms with Gasteiger partial charge in [-0.3, -0.25) is 9.47 Å². The topological polar surface area (TPSA) is 38.9 Å². The quantitative estimate of drug-likeness (QED) is 0.721. The van der Waals surface area contributed by atoms with Gasteiger partial charge in [-0.15, -0.1) is 10.2 Å². The van der Waals surface area contributed by atoms with Gasteiger partial charge < -0.3 is 4.57 Å². The molecule has 0 saturated heterocycles. The first-order valence-electron chi connectivity index (χ1n) is 6.29. The minimum atomic E-state index is 0.314. The summed E-state index contributed by atoms with van der Waals surface area (Å²) >= 11 is 0. The summed E-state index contributed by atoms with van der Waals surface area (Å²) < 4.78 is 4.20. The second-order valence-corrected chi connectivity index (χ2v) is 4.90. The molecule has 1 atom stereocenters. The molecule has 0 spiro atoms. The van der Waals surface area contributed by atoms with Crippen molar-refractivity contribution in [1.29, 1.82) is 0 Å². The molecule has 0 bridgehead atoms. The van der Waals surface area contributed by atoms with Gasteiger partial charge in [0.05, 0.1) is 17.4 Å². The fourth-order valence-electron chi connectivity index (χ4n) is 2.30. The first-order valence-corrected chi connectivity index (χ1v) is 6.29. The maximum absolute atomic E-state index is 3.87. The molecule has 5 heteroatoms. The molecular weight excluding hydrogens is 238 g/mol. The van der Waals surface area contributed by atoms with Gasteiger partial charge in [0.15, 0.2) is 0 Å². The number of aromatic nitrogens is 4. The number of hydrogen-bond donors (Lipinski definition) is 0. The Kier molecular flexibility index (Phi) is 2.83. The highest BCUT2D eigenvalue weighted by molar-refractivity contribution is 5.88. The van der Waals surface area contributed by atoms with Crippen LogP contribution in [0.5, 0.6) is 0 Å². The molecular formula is C14H17N5. The Morgan fingerprint density at radius 2 is 1.84 bits per heavy atom. The molecule has 0 aliphatic rings. The standard InChI is InChI=1S/C14H17N5/c1-11(17(2)3)19-8-7-12-13(5-4-6-14(12)19)18-9-15-16-10-18/h4-11H,1-3H3. The van der Waals surface area contributed by atoms with Gasteiger partial charge in [-0.05, 0) is 39.2 Å². The van der Waals surface area contributed by atoms with E-state index < -0.39 is 0 Å². The first kappa shape index (κ1) is 11.9. The fourth-order valence-corrected chi connectivity index (χ4v) is 2.30. The predicted octanol–water partition coefficient (Wildman–Crippen LogP) is 2.30. The van der Waals surface area contributed by atoms with Crippen molar-refractivity contribution in [1.82, 2.24) is 24.2 Å². The van der Waals surface area contributed by atoms with Crippen molar-refractivity contribution in [3.63, 3.8) is 0 Å². The van der Waals surface area contributed by atoms with Gasteiger partial charge in [-0.2, -0.15) is 0 Å². The van der Waals surface area contributed by atoms with Crippen molar-refractivity contribution < 1.29 is 0 Å². The summed E-state index contributed by atoms with van der Waals surface area (Å²) in [7, 11) is 4.17. The maximum atomic E-state index is 3.87. The molecule has 0 amide bonds. The molecule has 5 nitrogen and oxygen atoms in total. The summed E-state index contributed by atoms with van der Waals surface area (Å²) in [5, 5.41) is 8.95. The Balaban J connectivity index is 2.19. The zero-order valence-corrected chi connectivity index (χ0v) is 11.4. The highest BCUT2D eigenvalue weighted by Gasteiger charge is 2.12. The highest BCUT2D eigenvalue weighted by atomic mass is 15.3. The van der Waals surface area contributed by atoms with Gasteiger partial charge in [0.2, 0.25) is 0 Å². The number of nitrogens with zero attached hydrogens (tertiary/aromatic N) is 5. The van der Waals surface area contributed by atoms with Crippen LogP contribution in [0.15, 0.2) is 43.1 Å². The van der Waals surface area contributed by atoms with Crippen LogP contribution >= 0.6 is 0 Å². The van der Waals surface area contributed by atoms with E-state index in [9.17, 15) is 0 Å². The van der Waals surface area contributed by atoms with Crippen LogP contribution in [0.2, 0.25) is 0 Å². The third kappa shape index (κ3) is 1.92. The molecule has 0 saturated carbocycles. The van der Waals surface area contributed by atoms with E-state index in [1.807, 2.05) is 4.57 Å². The van der Waals surface area contributed by atoms with Gasteiger partial charge in [-0.25, -0.2) is 0 Å². The average molecular weight is 255 g/mol. The minimum absolute atomic E-state index is 0.314. The van der Waals surface area contributed by atoms with E-state index >= 15 is 0 Å². The van der Waals surface area contributed by atoms with E-state index in [-0.39, 0.29) is 0 Å². The van der Waals surface area contributed by atoms with E-state index in [1.165, 1.54) is 10.9 Å². The Hall–Kier alpha value is -2.14. The molecule has 2 heterocycles. The number of rotatable bonds is 3. The van der Waals surface area contributed by atoms with Crippen LogP contribution in [0.1, 0.15) is 13.1 Å². The number of hydrogen-bond acceptors (Lipinski definition) is 3. The van der Waals surface area contributed by atoms with Crippen LogP contribution < -0.4 is 0 Å². The van der Waals surface area contributed by atoms with E-state index in [2.05, 4.69) is 71.1 Å². The maximum Gasteiger partial charge on any atom is 0.123 e. The molecule has 0 N–H and O–H groups in total. The zero-order valence-electron chi connectivity index (χ0n) is 11.4. The zero-order chi connectivity index (χ0) is 13.4. The van der Waals surface area contributed by atoms with E-state index in [0.717, 1.165) is 5.69 Å². The lowest BCUT2D eigenvalue weighted by Crippen LogP contribution is -2.22. The first-order chi connectivity index (χ1) is 9.18. The van der Waals surface area contributed by atoms with E-state index in [1.54, 1.807) is 12.7 Å². The van der Waals surface area contributed by atoms with Crippen LogP contribution in [-0.2, 0) is 0 Å². The number of fused-ring (bicyclic) bond motifs is 1. The molecule has 1 aromatic carbocycles. The van der Waals surface area contributed by atoms with Crippen molar-refractivity contribution in [3.8, 4) is 5.69 Å². The van der Waals surface area contributed by atoms with Crippen molar-refractivity contribution in [2.75, 3.05) is 14.1 Å². The fraction of sp³-hybridized carbons (Fsp3) is 0.286. The SMILES string of the molecule is CC(N(C)C)n1ccc2c(-n3cnnc3)cccc21. The van der Waals surface area contributed by atoms with Crippen molar-refractivity contribution in [2.24, 2.45) is 0 Å². The lowest BCUT2D eigenvalue weighted by atomic mass is 10.2. The monoisotopic (exact) mass is 255 g/mol. The Morgan fingerprint density at radius 1 is 1.11 bits per heavy atom. The molecule has 2 aromatic heterocycles. The molecule has 3 aromatic rings. The molecule has 0 radical (unpaired) electrons. The van der Waals surface area contributed by atoms with Crippen LogP contribution in [-0.4, -0.2) is 38.3 Å². The minimum Gasteiger partial charge on any atom is -0.331 e. The largest absolute Gasteiger partial charge is 0.331 e. The van der Waals surface area contributed by atoms with Crippen LogP contribution in [0, 0.1) is 0 Å². The highest BCUT2D eigenvalue weighted by Crippen LogP contribution is 2.26. The molecule has 0 aliphatic heterocycles. The average Bonchev–Trinajstić information content (AvgIpc) is 3.06. The van der Waals surface area contributed by atoms with Gasteiger partial charge >= 0.3 is 0 Å². The van der Waals surface area contributed by atoms with E-state index in [0.29, 0.717) is 6.17 Å². The van der Waals surface area contributed by atoms with Crippen molar-refractivity contribution in [3.05, 3.63) is 43.1 Å². The summed E-state index contributed by atoms with van der Waals surface area (Å²) in [6, 6.07) is 8.43. The third-order valence-electron chi connectivity index (χ3n) is 3.59. The van der Waals surface area contributed by atoms with Crippen LogP contribution in [0.3, 0.4) is 0 Å². The third-order valence-corrected chi connectivity index (χ3v) is 3.59. The van der Waals surface area contributed by atoms with Gasteiger partial charge in [0.25, 0.3) is 0 Å². The summed E-state index contributed by atoms with van der Waals surface area (Å²) in [6.45, 7) is 2.19. The summed E-state index contributed by atoms with van der Waals surface area (Å²) in [4.78, 5) is 2.19. The van der Waals surface area contributed by atoms with Crippen LogP contribution in [0.25, 0.3) is 16.6 Å². The Labute approximate surface area is 112 Å². The molecule has 0 aliphatic carbocycles.